The van der Waals surface area contributed by atoms with Gasteiger partial charge in [-0.25, -0.2) is 4.98 Å². The fourth-order valence-electron chi connectivity index (χ4n) is 1.42. The molecular formula is C11H13N3OS. The number of aromatic nitrogens is 2. The standard InChI is InChI=1S/C11H13N3OS/c1-12-5-4-10-13-8(7-11(15)14-10)9-3-2-6-16-9/h2-3,6-7,12H,4-5H2,1H3,(H,13,14,15). The quantitative estimate of drug-likeness (QED) is 0.838. The molecule has 0 aliphatic rings. The molecule has 0 aromatic carbocycles. The summed E-state index contributed by atoms with van der Waals surface area (Å²) < 4.78 is 0. The molecule has 0 bridgehead atoms. The number of hydrogen-bond donors (Lipinski definition) is 2. The minimum Gasteiger partial charge on any atom is -0.319 e. The molecule has 0 spiro atoms. The number of likely N-dealkylation sites (N-methyl/N-ethyl adjacent to an activating group) is 1. The lowest BCUT2D eigenvalue weighted by molar-refractivity contribution is 0.753. The summed E-state index contributed by atoms with van der Waals surface area (Å²) in [6.45, 7) is 0.802. The molecule has 2 rings (SSSR count). The monoisotopic (exact) mass is 235 g/mol. The van der Waals surface area contributed by atoms with E-state index < -0.39 is 0 Å². The first-order valence-corrected chi connectivity index (χ1v) is 5.96. The molecule has 0 aliphatic heterocycles. The van der Waals surface area contributed by atoms with Gasteiger partial charge < -0.3 is 10.3 Å². The molecule has 0 fully saturated rings. The van der Waals surface area contributed by atoms with Gasteiger partial charge >= 0.3 is 0 Å². The Morgan fingerprint density at radius 2 is 2.44 bits per heavy atom. The Bertz CT molecular complexity index is 504. The molecule has 2 aromatic rings. The number of rotatable bonds is 4. The SMILES string of the molecule is CNCCc1nc(-c2cccs2)cc(=O)[nH]1. The second-order valence-electron chi connectivity index (χ2n) is 3.41. The molecule has 0 saturated heterocycles. The van der Waals surface area contributed by atoms with E-state index in [9.17, 15) is 4.79 Å². The average Bonchev–Trinajstić information content (AvgIpc) is 2.79. The number of nitrogens with zero attached hydrogens (tertiary/aromatic N) is 1. The molecule has 4 nitrogen and oxygen atoms in total. The fraction of sp³-hybridized carbons (Fsp3) is 0.273. The molecule has 0 radical (unpaired) electrons. The summed E-state index contributed by atoms with van der Waals surface area (Å²) in [6.07, 6.45) is 0.727. The van der Waals surface area contributed by atoms with Gasteiger partial charge in [0.05, 0.1) is 10.6 Å². The van der Waals surface area contributed by atoms with E-state index >= 15 is 0 Å². The third kappa shape index (κ3) is 2.56. The van der Waals surface area contributed by atoms with Crippen LogP contribution in [0.3, 0.4) is 0 Å². The predicted molar refractivity (Wildman–Crippen MR) is 65.8 cm³/mol. The Morgan fingerprint density at radius 1 is 1.56 bits per heavy atom. The van der Waals surface area contributed by atoms with Crippen LogP contribution >= 0.6 is 11.3 Å². The van der Waals surface area contributed by atoms with Crippen molar-refractivity contribution in [3.8, 4) is 10.6 Å². The number of hydrogen-bond acceptors (Lipinski definition) is 4. The highest BCUT2D eigenvalue weighted by Crippen LogP contribution is 2.20. The van der Waals surface area contributed by atoms with Gasteiger partial charge in [-0.15, -0.1) is 11.3 Å². The van der Waals surface area contributed by atoms with Crippen molar-refractivity contribution in [1.29, 1.82) is 0 Å². The predicted octanol–water partition coefficient (Wildman–Crippen LogP) is 1.26. The first-order chi connectivity index (χ1) is 7.79. The zero-order valence-corrected chi connectivity index (χ0v) is 9.80. The Labute approximate surface area is 97.4 Å². The summed E-state index contributed by atoms with van der Waals surface area (Å²) in [7, 11) is 1.88. The number of H-pyrrole nitrogens is 1. The maximum absolute atomic E-state index is 11.5. The smallest absolute Gasteiger partial charge is 0.251 e. The summed E-state index contributed by atoms with van der Waals surface area (Å²) in [6, 6.07) is 5.46. The molecule has 0 aliphatic carbocycles. The topological polar surface area (TPSA) is 57.8 Å². The van der Waals surface area contributed by atoms with Crippen LogP contribution in [-0.2, 0) is 6.42 Å². The molecule has 84 valence electrons. The van der Waals surface area contributed by atoms with Gasteiger partial charge in [0.15, 0.2) is 0 Å². The van der Waals surface area contributed by atoms with Gasteiger partial charge in [-0.3, -0.25) is 4.79 Å². The van der Waals surface area contributed by atoms with Crippen LogP contribution < -0.4 is 10.9 Å². The van der Waals surface area contributed by atoms with Gasteiger partial charge in [-0.1, -0.05) is 6.07 Å². The van der Waals surface area contributed by atoms with Crippen molar-refractivity contribution in [1.82, 2.24) is 15.3 Å². The maximum Gasteiger partial charge on any atom is 0.251 e. The van der Waals surface area contributed by atoms with Crippen molar-refractivity contribution < 1.29 is 0 Å². The average molecular weight is 235 g/mol. The zero-order valence-electron chi connectivity index (χ0n) is 8.99. The van der Waals surface area contributed by atoms with E-state index in [1.54, 1.807) is 11.3 Å². The van der Waals surface area contributed by atoms with E-state index in [4.69, 9.17) is 0 Å². The van der Waals surface area contributed by atoms with Gasteiger partial charge in [0, 0.05) is 19.0 Å². The highest BCUT2D eigenvalue weighted by Gasteiger charge is 2.04. The Balaban J connectivity index is 2.33. The largest absolute Gasteiger partial charge is 0.319 e. The van der Waals surface area contributed by atoms with E-state index in [2.05, 4.69) is 15.3 Å². The van der Waals surface area contributed by atoms with Crippen LogP contribution in [0.4, 0.5) is 0 Å². The third-order valence-electron chi connectivity index (χ3n) is 2.18. The lowest BCUT2D eigenvalue weighted by Gasteiger charge is -2.02. The van der Waals surface area contributed by atoms with Crippen LogP contribution in [0.1, 0.15) is 5.82 Å². The summed E-state index contributed by atoms with van der Waals surface area (Å²) in [4.78, 5) is 19.7. The van der Waals surface area contributed by atoms with E-state index in [-0.39, 0.29) is 5.56 Å². The molecule has 2 heterocycles. The van der Waals surface area contributed by atoms with Crippen molar-refractivity contribution >= 4 is 11.3 Å². The van der Waals surface area contributed by atoms with Gasteiger partial charge in [0.25, 0.3) is 5.56 Å². The number of aromatic amines is 1. The van der Waals surface area contributed by atoms with Gasteiger partial charge in [0.2, 0.25) is 0 Å². The lowest BCUT2D eigenvalue weighted by atomic mass is 10.3. The van der Waals surface area contributed by atoms with Gasteiger partial charge in [-0.05, 0) is 18.5 Å². The molecule has 2 N–H and O–H groups in total. The normalized spacial score (nSPS) is 10.6. The van der Waals surface area contributed by atoms with Crippen molar-refractivity contribution in [2.45, 2.75) is 6.42 Å². The van der Waals surface area contributed by atoms with Crippen LogP contribution in [0, 0.1) is 0 Å². The van der Waals surface area contributed by atoms with Crippen molar-refractivity contribution in [3.63, 3.8) is 0 Å². The van der Waals surface area contributed by atoms with Crippen LogP contribution in [0.5, 0.6) is 0 Å². The summed E-state index contributed by atoms with van der Waals surface area (Å²) in [5.41, 5.74) is 0.661. The van der Waals surface area contributed by atoms with E-state index in [0.29, 0.717) is 0 Å². The second kappa shape index (κ2) is 5.05. The summed E-state index contributed by atoms with van der Waals surface area (Å²) >= 11 is 1.59. The first kappa shape index (κ1) is 11.0. The number of thiophene rings is 1. The van der Waals surface area contributed by atoms with Crippen LogP contribution in [0.15, 0.2) is 28.4 Å². The van der Waals surface area contributed by atoms with Crippen molar-refractivity contribution in [2.24, 2.45) is 0 Å². The minimum absolute atomic E-state index is 0.0931. The lowest BCUT2D eigenvalue weighted by Crippen LogP contribution is -2.16. The fourth-order valence-corrected chi connectivity index (χ4v) is 2.11. The van der Waals surface area contributed by atoms with E-state index in [1.807, 2.05) is 24.6 Å². The maximum atomic E-state index is 11.5. The molecule has 0 amide bonds. The summed E-state index contributed by atoms with van der Waals surface area (Å²) in [5, 5.41) is 5.01. The van der Waals surface area contributed by atoms with Crippen molar-refractivity contribution in [3.05, 3.63) is 39.8 Å². The molecule has 16 heavy (non-hydrogen) atoms. The van der Waals surface area contributed by atoms with Crippen LogP contribution in [0.25, 0.3) is 10.6 Å². The van der Waals surface area contributed by atoms with Gasteiger partial charge in [-0.2, -0.15) is 0 Å². The highest BCUT2D eigenvalue weighted by atomic mass is 32.1. The van der Waals surface area contributed by atoms with Crippen molar-refractivity contribution in [2.75, 3.05) is 13.6 Å². The van der Waals surface area contributed by atoms with E-state index in [0.717, 1.165) is 29.4 Å². The Kier molecular flexibility index (Phi) is 3.48. The van der Waals surface area contributed by atoms with Crippen LogP contribution in [0.2, 0.25) is 0 Å². The second-order valence-corrected chi connectivity index (χ2v) is 4.36. The summed E-state index contributed by atoms with van der Waals surface area (Å²) in [5.74, 6) is 0.727. The molecule has 0 atom stereocenters. The van der Waals surface area contributed by atoms with Gasteiger partial charge in [0.1, 0.15) is 5.82 Å². The highest BCUT2D eigenvalue weighted by molar-refractivity contribution is 7.13. The van der Waals surface area contributed by atoms with Crippen LogP contribution in [-0.4, -0.2) is 23.6 Å². The Hall–Kier alpha value is -1.46. The molecule has 0 saturated carbocycles. The molecule has 2 aromatic heterocycles. The minimum atomic E-state index is -0.0931. The third-order valence-corrected chi connectivity index (χ3v) is 3.07. The number of nitrogens with one attached hydrogen (secondary N) is 2. The molecular weight excluding hydrogens is 222 g/mol. The molecule has 0 unspecified atom stereocenters. The zero-order chi connectivity index (χ0) is 11.4. The molecule has 5 heteroatoms. The van der Waals surface area contributed by atoms with E-state index in [1.165, 1.54) is 6.07 Å². The Morgan fingerprint density at radius 3 is 3.12 bits per heavy atom. The first-order valence-electron chi connectivity index (χ1n) is 5.08.